The minimum atomic E-state index is -0.551. The Kier molecular flexibility index (Phi) is 5.11. The summed E-state index contributed by atoms with van der Waals surface area (Å²) in [5, 5.41) is 9.97. The lowest BCUT2D eigenvalue weighted by Crippen LogP contribution is -1.91. The first-order valence-corrected chi connectivity index (χ1v) is 3.44. The van der Waals surface area contributed by atoms with Crippen molar-refractivity contribution in [1.82, 2.24) is 0 Å². The normalized spacial score (nSPS) is 11.0. The summed E-state index contributed by atoms with van der Waals surface area (Å²) in [5.41, 5.74) is -0.135. The Bertz CT molecular complexity index is 208. The lowest BCUT2D eigenvalue weighted by Gasteiger charge is -1.83. The molecular formula is C7H8ClNO2. The number of halogens is 1. The van der Waals surface area contributed by atoms with E-state index >= 15 is 0 Å². The van der Waals surface area contributed by atoms with Gasteiger partial charge in [0.1, 0.15) is 0 Å². The van der Waals surface area contributed by atoms with Crippen LogP contribution in [0.25, 0.3) is 0 Å². The fourth-order valence-corrected chi connectivity index (χ4v) is 0.460. The molecule has 0 aromatic rings. The van der Waals surface area contributed by atoms with E-state index < -0.39 is 4.92 Å². The molecule has 4 heteroatoms. The van der Waals surface area contributed by atoms with Gasteiger partial charge in [-0.1, -0.05) is 18.2 Å². The summed E-state index contributed by atoms with van der Waals surface area (Å²) < 4.78 is 0. The molecule has 0 aliphatic heterocycles. The lowest BCUT2D eigenvalue weighted by molar-refractivity contribution is -0.418. The smallest absolute Gasteiger partial charge is 0.258 e. The van der Waals surface area contributed by atoms with E-state index in [9.17, 15) is 10.1 Å². The number of alkyl halides is 1. The minimum Gasteiger partial charge on any atom is -0.258 e. The van der Waals surface area contributed by atoms with Crippen LogP contribution >= 0.6 is 11.6 Å². The van der Waals surface area contributed by atoms with E-state index in [0.717, 1.165) is 0 Å². The Morgan fingerprint density at radius 2 is 2.27 bits per heavy atom. The van der Waals surface area contributed by atoms with E-state index in [1.807, 2.05) is 0 Å². The van der Waals surface area contributed by atoms with Gasteiger partial charge in [0.2, 0.25) is 0 Å². The third kappa shape index (κ3) is 5.36. The standard InChI is InChI=1S/C7H8ClNO2/c1-7(9(10)11)5-3-2-4-6-8/h2-5H,1,6H2/b4-2-,5-3-. The zero-order valence-corrected chi connectivity index (χ0v) is 6.62. The van der Waals surface area contributed by atoms with Gasteiger partial charge < -0.3 is 0 Å². The summed E-state index contributed by atoms with van der Waals surface area (Å²) in [5.74, 6) is 0.398. The molecule has 0 aromatic heterocycles. The molecule has 0 unspecified atom stereocenters. The number of hydrogen-bond acceptors (Lipinski definition) is 2. The van der Waals surface area contributed by atoms with Gasteiger partial charge in [-0.15, -0.1) is 11.6 Å². The molecule has 0 N–H and O–H groups in total. The van der Waals surface area contributed by atoms with Gasteiger partial charge in [0.05, 0.1) is 4.92 Å². The quantitative estimate of drug-likeness (QED) is 0.283. The molecule has 0 bridgehead atoms. The molecule has 0 atom stereocenters. The van der Waals surface area contributed by atoms with Crippen LogP contribution in [-0.4, -0.2) is 10.8 Å². The second-order valence-electron chi connectivity index (χ2n) is 1.69. The van der Waals surface area contributed by atoms with Gasteiger partial charge in [0.25, 0.3) is 5.70 Å². The van der Waals surface area contributed by atoms with Crippen molar-refractivity contribution in [2.45, 2.75) is 0 Å². The number of rotatable bonds is 4. The van der Waals surface area contributed by atoms with E-state index in [1.54, 1.807) is 12.2 Å². The first kappa shape index (κ1) is 9.91. The first-order chi connectivity index (χ1) is 5.18. The highest BCUT2D eigenvalue weighted by molar-refractivity contribution is 6.18. The second-order valence-corrected chi connectivity index (χ2v) is 2.00. The molecule has 0 aromatic carbocycles. The van der Waals surface area contributed by atoms with E-state index in [2.05, 4.69) is 6.58 Å². The summed E-state index contributed by atoms with van der Waals surface area (Å²) in [7, 11) is 0. The van der Waals surface area contributed by atoms with Crippen molar-refractivity contribution in [1.29, 1.82) is 0 Å². The molecular weight excluding hydrogens is 166 g/mol. The van der Waals surface area contributed by atoms with Gasteiger partial charge in [0.15, 0.2) is 0 Å². The predicted molar refractivity (Wildman–Crippen MR) is 45.1 cm³/mol. The van der Waals surface area contributed by atoms with Crippen molar-refractivity contribution in [2.75, 3.05) is 5.88 Å². The maximum atomic E-state index is 9.97. The Morgan fingerprint density at radius 1 is 1.64 bits per heavy atom. The molecule has 0 saturated carbocycles. The van der Waals surface area contributed by atoms with Crippen molar-refractivity contribution in [3.05, 3.63) is 46.7 Å². The predicted octanol–water partition coefficient (Wildman–Crippen LogP) is 2.13. The van der Waals surface area contributed by atoms with Gasteiger partial charge >= 0.3 is 0 Å². The Hall–Kier alpha value is -1.09. The van der Waals surface area contributed by atoms with Gasteiger partial charge in [-0.25, -0.2) is 0 Å². The summed E-state index contributed by atoms with van der Waals surface area (Å²) in [6, 6.07) is 0. The highest BCUT2D eigenvalue weighted by atomic mass is 35.5. The molecule has 3 nitrogen and oxygen atoms in total. The van der Waals surface area contributed by atoms with Crippen LogP contribution in [0.1, 0.15) is 0 Å². The van der Waals surface area contributed by atoms with Gasteiger partial charge in [-0.3, -0.25) is 10.1 Å². The van der Waals surface area contributed by atoms with Crippen molar-refractivity contribution in [3.63, 3.8) is 0 Å². The van der Waals surface area contributed by atoms with Crippen LogP contribution < -0.4 is 0 Å². The molecule has 0 radical (unpaired) electrons. The van der Waals surface area contributed by atoms with Gasteiger partial charge in [-0.05, 0) is 6.58 Å². The van der Waals surface area contributed by atoms with E-state index in [0.29, 0.717) is 5.88 Å². The summed E-state index contributed by atoms with van der Waals surface area (Å²) in [6.45, 7) is 3.20. The average Bonchev–Trinajstić information content (AvgIpc) is 1.97. The van der Waals surface area contributed by atoms with Crippen LogP contribution in [0.2, 0.25) is 0 Å². The fourth-order valence-electron chi connectivity index (χ4n) is 0.357. The zero-order chi connectivity index (χ0) is 8.69. The topological polar surface area (TPSA) is 43.1 Å². The number of nitrogens with zero attached hydrogens (tertiary/aromatic N) is 1. The van der Waals surface area contributed by atoms with Crippen LogP contribution in [0.4, 0.5) is 0 Å². The third-order valence-corrected chi connectivity index (χ3v) is 1.04. The SMILES string of the molecule is C=C(/C=C\C=C/CCl)[N+](=O)[O-]. The molecule has 0 amide bonds. The van der Waals surface area contributed by atoms with Crippen molar-refractivity contribution < 1.29 is 4.92 Å². The summed E-state index contributed by atoms with van der Waals surface area (Å²) in [6.07, 6.45) is 6.13. The fraction of sp³-hybridized carbons (Fsp3) is 0.143. The molecule has 0 heterocycles. The van der Waals surface area contributed by atoms with Crippen LogP contribution in [-0.2, 0) is 0 Å². The number of nitro groups is 1. The van der Waals surface area contributed by atoms with Crippen LogP contribution in [0, 0.1) is 10.1 Å². The first-order valence-electron chi connectivity index (χ1n) is 2.91. The summed E-state index contributed by atoms with van der Waals surface area (Å²) >= 11 is 5.30. The third-order valence-electron chi connectivity index (χ3n) is 0.859. The molecule has 60 valence electrons. The molecule has 0 spiro atoms. The monoisotopic (exact) mass is 173 g/mol. The van der Waals surface area contributed by atoms with Crippen molar-refractivity contribution in [2.24, 2.45) is 0 Å². The van der Waals surface area contributed by atoms with Crippen LogP contribution in [0.5, 0.6) is 0 Å². The molecule has 0 saturated heterocycles. The number of allylic oxidation sites excluding steroid dienone is 4. The molecule has 0 aliphatic carbocycles. The summed E-state index contributed by atoms with van der Waals surface area (Å²) in [4.78, 5) is 9.42. The van der Waals surface area contributed by atoms with Gasteiger partial charge in [-0.2, -0.15) is 0 Å². The Labute approximate surface area is 69.8 Å². The highest BCUT2D eigenvalue weighted by Crippen LogP contribution is 1.93. The molecule has 0 aliphatic rings. The van der Waals surface area contributed by atoms with Crippen molar-refractivity contribution >= 4 is 11.6 Å². The van der Waals surface area contributed by atoms with Crippen molar-refractivity contribution in [3.8, 4) is 0 Å². The molecule has 0 rings (SSSR count). The van der Waals surface area contributed by atoms with E-state index in [1.165, 1.54) is 12.2 Å². The highest BCUT2D eigenvalue weighted by Gasteiger charge is 1.96. The van der Waals surface area contributed by atoms with E-state index in [4.69, 9.17) is 11.6 Å². The maximum absolute atomic E-state index is 9.97. The minimum absolute atomic E-state index is 0.135. The average molecular weight is 174 g/mol. The Balaban J connectivity index is 3.84. The van der Waals surface area contributed by atoms with Crippen LogP contribution in [0.15, 0.2) is 36.6 Å². The maximum Gasteiger partial charge on any atom is 0.262 e. The number of hydrogen-bond donors (Lipinski definition) is 0. The molecule has 11 heavy (non-hydrogen) atoms. The van der Waals surface area contributed by atoms with Gasteiger partial charge in [0, 0.05) is 12.0 Å². The second kappa shape index (κ2) is 5.68. The van der Waals surface area contributed by atoms with Crippen LogP contribution in [0.3, 0.4) is 0 Å². The van der Waals surface area contributed by atoms with E-state index in [-0.39, 0.29) is 5.70 Å². The zero-order valence-electron chi connectivity index (χ0n) is 5.87. The lowest BCUT2D eigenvalue weighted by atomic mass is 10.4. The Morgan fingerprint density at radius 3 is 2.73 bits per heavy atom. The molecule has 0 fully saturated rings. The largest absolute Gasteiger partial charge is 0.262 e.